The topological polar surface area (TPSA) is 17.1 Å². The van der Waals surface area contributed by atoms with Crippen LogP contribution in [0.3, 0.4) is 0 Å². The molecule has 0 spiro atoms. The number of fused-ring (bicyclic) bond motifs is 3. The summed E-state index contributed by atoms with van der Waals surface area (Å²) >= 11 is 0. The molecule has 1 atom stereocenters. The first-order valence-electron chi connectivity index (χ1n) is 6.68. The summed E-state index contributed by atoms with van der Waals surface area (Å²) in [6, 6.07) is 24.6. The SMILES string of the molecule is O=[PH]1c2ccccc2-c2cc(-c3ccccc3)ccc21. The van der Waals surface area contributed by atoms with Crippen molar-refractivity contribution in [2.75, 3.05) is 0 Å². The first kappa shape index (κ1) is 11.7. The average molecular weight is 276 g/mol. The molecule has 1 nitrogen and oxygen atoms in total. The molecule has 0 fully saturated rings. The van der Waals surface area contributed by atoms with E-state index in [2.05, 4.69) is 30.3 Å². The van der Waals surface area contributed by atoms with Crippen LogP contribution in [-0.4, -0.2) is 0 Å². The Hall–Kier alpha value is -2.11. The van der Waals surface area contributed by atoms with Gasteiger partial charge in [0.2, 0.25) is 0 Å². The predicted molar refractivity (Wildman–Crippen MR) is 85.6 cm³/mol. The van der Waals surface area contributed by atoms with E-state index in [1.54, 1.807) is 0 Å². The van der Waals surface area contributed by atoms with Gasteiger partial charge in [-0.05, 0) is 28.3 Å². The lowest BCUT2D eigenvalue weighted by atomic mass is 9.99. The molecule has 1 unspecified atom stereocenters. The van der Waals surface area contributed by atoms with Crippen molar-refractivity contribution in [2.24, 2.45) is 0 Å². The van der Waals surface area contributed by atoms with E-state index in [9.17, 15) is 4.57 Å². The zero-order valence-corrected chi connectivity index (χ0v) is 11.8. The molecule has 96 valence electrons. The van der Waals surface area contributed by atoms with Crippen molar-refractivity contribution in [2.45, 2.75) is 0 Å². The summed E-state index contributed by atoms with van der Waals surface area (Å²) in [5.74, 6) is 0. The molecule has 1 heterocycles. The maximum Gasteiger partial charge on any atom is 0.133 e. The fourth-order valence-electron chi connectivity index (χ4n) is 2.84. The summed E-state index contributed by atoms with van der Waals surface area (Å²) in [7, 11) is -1.82. The van der Waals surface area contributed by atoms with Crippen molar-refractivity contribution in [3.8, 4) is 22.3 Å². The van der Waals surface area contributed by atoms with E-state index in [0.29, 0.717) is 0 Å². The fourth-order valence-corrected chi connectivity index (χ4v) is 4.52. The first-order valence-corrected chi connectivity index (χ1v) is 8.09. The summed E-state index contributed by atoms with van der Waals surface area (Å²) < 4.78 is 12.5. The van der Waals surface area contributed by atoms with E-state index in [0.717, 1.165) is 21.7 Å². The summed E-state index contributed by atoms with van der Waals surface area (Å²) in [5.41, 5.74) is 4.63. The van der Waals surface area contributed by atoms with Gasteiger partial charge in [0.25, 0.3) is 0 Å². The molecule has 1 aliphatic heterocycles. The Morgan fingerprint density at radius 1 is 0.600 bits per heavy atom. The third-order valence-corrected chi connectivity index (χ3v) is 5.68. The molecule has 0 bridgehead atoms. The summed E-state index contributed by atoms with van der Waals surface area (Å²) in [4.78, 5) is 0. The lowest BCUT2D eigenvalue weighted by molar-refractivity contribution is 0.598. The van der Waals surface area contributed by atoms with Crippen LogP contribution >= 0.6 is 7.80 Å². The Morgan fingerprint density at radius 3 is 2.15 bits per heavy atom. The molecule has 2 heteroatoms. The summed E-state index contributed by atoms with van der Waals surface area (Å²) in [5, 5.41) is 1.99. The number of hydrogen-bond acceptors (Lipinski definition) is 1. The van der Waals surface area contributed by atoms with Crippen LogP contribution in [0.25, 0.3) is 22.3 Å². The molecule has 20 heavy (non-hydrogen) atoms. The lowest BCUT2D eigenvalue weighted by Crippen LogP contribution is -1.97. The molecule has 0 aliphatic carbocycles. The normalized spacial score (nSPS) is 15.7. The van der Waals surface area contributed by atoms with Crippen LogP contribution in [0.15, 0.2) is 72.8 Å². The standard InChI is InChI=1S/C18H13OP/c19-20-17-9-5-4-8-15(17)16-12-14(10-11-18(16)20)13-6-2-1-3-7-13/h1-12,20H. The molecule has 0 radical (unpaired) electrons. The number of rotatable bonds is 1. The molecule has 0 amide bonds. The van der Waals surface area contributed by atoms with E-state index in [1.165, 1.54) is 11.1 Å². The van der Waals surface area contributed by atoms with E-state index in [1.807, 2.05) is 42.5 Å². The minimum atomic E-state index is -1.82. The van der Waals surface area contributed by atoms with Crippen LogP contribution in [0.1, 0.15) is 0 Å². The Morgan fingerprint density at radius 2 is 1.30 bits per heavy atom. The molecule has 0 saturated heterocycles. The van der Waals surface area contributed by atoms with E-state index in [4.69, 9.17) is 0 Å². The van der Waals surface area contributed by atoms with Gasteiger partial charge in [0, 0.05) is 10.6 Å². The molecular weight excluding hydrogens is 263 g/mol. The van der Waals surface area contributed by atoms with Crippen molar-refractivity contribution >= 4 is 18.4 Å². The number of hydrogen-bond donors (Lipinski definition) is 0. The van der Waals surface area contributed by atoms with E-state index >= 15 is 0 Å². The quantitative estimate of drug-likeness (QED) is 0.483. The molecule has 4 rings (SSSR count). The highest BCUT2D eigenvalue weighted by Gasteiger charge is 2.24. The number of benzene rings is 3. The first-order chi connectivity index (χ1) is 9.84. The van der Waals surface area contributed by atoms with Gasteiger partial charge >= 0.3 is 0 Å². The molecule has 0 N–H and O–H groups in total. The second kappa shape index (κ2) is 4.47. The average Bonchev–Trinajstić information content (AvgIpc) is 2.81. The van der Waals surface area contributed by atoms with Gasteiger partial charge < -0.3 is 4.57 Å². The van der Waals surface area contributed by atoms with Crippen LogP contribution < -0.4 is 10.6 Å². The monoisotopic (exact) mass is 276 g/mol. The van der Waals surface area contributed by atoms with Gasteiger partial charge in [0.05, 0.1) is 0 Å². The molecule has 0 saturated carbocycles. The zero-order chi connectivity index (χ0) is 13.5. The summed E-state index contributed by atoms with van der Waals surface area (Å²) in [6.45, 7) is 0. The van der Waals surface area contributed by atoms with Crippen molar-refractivity contribution < 1.29 is 4.57 Å². The van der Waals surface area contributed by atoms with Crippen molar-refractivity contribution in [1.29, 1.82) is 0 Å². The maximum absolute atomic E-state index is 12.5. The highest BCUT2D eigenvalue weighted by atomic mass is 31.1. The van der Waals surface area contributed by atoms with Gasteiger partial charge in [-0.2, -0.15) is 0 Å². The molecule has 3 aromatic carbocycles. The van der Waals surface area contributed by atoms with E-state index < -0.39 is 7.80 Å². The van der Waals surface area contributed by atoms with Crippen LogP contribution in [0.5, 0.6) is 0 Å². The molecular formula is C18H13OP. The van der Waals surface area contributed by atoms with Crippen molar-refractivity contribution in [3.05, 3.63) is 72.8 Å². The van der Waals surface area contributed by atoms with Gasteiger partial charge in [-0.15, -0.1) is 0 Å². The molecule has 1 aliphatic rings. The van der Waals surface area contributed by atoms with Crippen molar-refractivity contribution in [3.63, 3.8) is 0 Å². The Bertz CT molecular complexity index is 822. The summed E-state index contributed by atoms with van der Waals surface area (Å²) in [6.07, 6.45) is 0. The second-order valence-corrected chi connectivity index (χ2v) is 6.74. The highest BCUT2D eigenvalue weighted by molar-refractivity contribution is 7.63. The Kier molecular flexibility index (Phi) is 2.61. The Labute approximate surface area is 118 Å². The zero-order valence-electron chi connectivity index (χ0n) is 10.8. The van der Waals surface area contributed by atoms with Crippen LogP contribution in [-0.2, 0) is 4.57 Å². The smallest absolute Gasteiger partial charge is 0.133 e. The van der Waals surface area contributed by atoms with Crippen molar-refractivity contribution in [1.82, 2.24) is 0 Å². The van der Waals surface area contributed by atoms with Gasteiger partial charge in [0.1, 0.15) is 7.80 Å². The molecule has 3 aromatic rings. The Balaban J connectivity index is 1.94. The fraction of sp³-hybridized carbons (Fsp3) is 0. The molecule has 0 aromatic heterocycles. The minimum absolute atomic E-state index is 0.996. The van der Waals surface area contributed by atoms with Gasteiger partial charge in [-0.1, -0.05) is 66.7 Å². The highest BCUT2D eigenvalue weighted by Crippen LogP contribution is 2.39. The maximum atomic E-state index is 12.5. The van der Waals surface area contributed by atoms with Gasteiger partial charge in [-0.3, -0.25) is 0 Å². The van der Waals surface area contributed by atoms with Gasteiger partial charge in [0.15, 0.2) is 0 Å². The van der Waals surface area contributed by atoms with Gasteiger partial charge in [-0.25, -0.2) is 0 Å². The predicted octanol–water partition coefficient (Wildman–Crippen LogP) is 3.84. The van der Waals surface area contributed by atoms with Crippen LogP contribution in [0, 0.1) is 0 Å². The lowest BCUT2D eigenvalue weighted by Gasteiger charge is -2.05. The third-order valence-electron chi connectivity index (χ3n) is 3.83. The largest absolute Gasteiger partial charge is 0.317 e. The van der Waals surface area contributed by atoms with Crippen LogP contribution in [0.4, 0.5) is 0 Å². The minimum Gasteiger partial charge on any atom is -0.317 e. The van der Waals surface area contributed by atoms with Crippen LogP contribution in [0.2, 0.25) is 0 Å². The third kappa shape index (κ3) is 1.67. The second-order valence-electron chi connectivity index (χ2n) is 5.00. The van der Waals surface area contributed by atoms with E-state index in [-0.39, 0.29) is 0 Å².